The summed E-state index contributed by atoms with van der Waals surface area (Å²) in [4.78, 5) is 4.00. The van der Waals surface area contributed by atoms with Gasteiger partial charge in [-0.3, -0.25) is 9.67 Å². The van der Waals surface area contributed by atoms with E-state index in [0.29, 0.717) is 5.56 Å². The lowest BCUT2D eigenvalue weighted by molar-refractivity contribution is 0.0791. The number of sulfonamides is 1. The molecular formula is C16H16F2N6O4S. The van der Waals surface area contributed by atoms with Gasteiger partial charge in [0.15, 0.2) is 5.82 Å². The summed E-state index contributed by atoms with van der Waals surface area (Å²) in [5.74, 6) is -1.05. The fourth-order valence-corrected chi connectivity index (χ4v) is 4.58. The van der Waals surface area contributed by atoms with Gasteiger partial charge in [-0.05, 0) is 19.9 Å². The third kappa shape index (κ3) is 3.15. The Morgan fingerprint density at radius 3 is 2.66 bits per heavy atom. The summed E-state index contributed by atoms with van der Waals surface area (Å²) in [5.41, 5.74) is -0.663. The molecule has 4 heterocycles. The highest BCUT2D eigenvalue weighted by Gasteiger charge is 2.41. The van der Waals surface area contributed by atoms with E-state index in [1.165, 1.54) is 37.0 Å². The zero-order valence-electron chi connectivity index (χ0n) is 15.5. The van der Waals surface area contributed by atoms with Crippen molar-refractivity contribution >= 4 is 15.8 Å². The first kappa shape index (κ1) is 19.4. The Labute approximate surface area is 163 Å². The predicted molar refractivity (Wildman–Crippen MR) is 94.3 cm³/mol. The summed E-state index contributed by atoms with van der Waals surface area (Å²) in [6, 6.07) is 1.24. The van der Waals surface area contributed by atoms with Crippen LogP contribution in [0.15, 0.2) is 27.8 Å². The number of hydrogen-bond donors (Lipinski definition) is 1. The Morgan fingerprint density at radius 2 is 2.03 bits per heavy atom. The normalized spacial score (nSPS) is 15.9. The van der Waals surface area contributed by atoms with Crippen LogP contribution in [0.3, 0.4) is 0 Å². The maximum Gasteiger partial charge on any atom is 0.314 e. The summed E-state index contributed by atoms with van der Waals surface area (Å²) in [5, 5.41) is 21.3. The SMILES string of the molecule is Cn1cc(C(C)(C)O)c(N2Cc3ncc(-c4nnc(C(F)F)o4)cc3S2(=O)=O)n1. The van der Waals surface area contributed by atoms with E-state index in [0.717, 1.165) is 4.31 Å². The smallest absolute Gasteiger partial charge is 0.314 e. The average Bonchev–Trinajstić information content (AvgIpc) is 3.30. The molecule has 29 heavy (non-hydrogen) atoms. The average molecular weight is 426 g/mol. The molecule has 3 aromatic rings. The van der Waals surface area contributed by atoms with Crippen LogP contribution in [-0.4, -0.2) is 38.5 Å². The molecule has 0 atom stereocenters. The number of aryl methyl sites for hydroxylation is 1. The van der Waals surface area contributed by atoms with Crippen LogP contribution in [0.25, 0.3) is 11.5 Å². The second kappa shape index (κ2) is 6.29. The summed E-state index contributed by atoms with van der Waals surface area (Å²) >= 11 is 0. The van der Waals surface area contributed by atoms with Gasteiger partial charge in [0.05, 0.1) is 23.4 Å². The number of aliphatic hydroxyl groups is 1. The molecule has 0 saturated carbocycles. The molecule has 1 aliphatic heterocycles. The maximum absolute atomic E-state index is 13.1. The van der Waals surface area contributed by atoms with E-state index in [2.05, 4.69) is 20.3 Å². The number of anilines is 1. The molecule has 13 heteroatoms. The van der Waals surface area contributed by atoms with Crippen LogP contribution in [0.5, 0.6) is 0 Å². The molecule has 0 spiro atoms. The maximum atomic E-state index is 13.1. The number of nitrogens with zero attached hydrogens (tertiary/aromatic N) is 6. The number of fused-ring (bicyclic) bond motifs is 1. The third-order valence-corrected chi connectivity index (χ3v) is 6.16. The van der Waals surface area contributed by atoms with Gasteiger partial charge >= 0.3 is 6.43 Å². The minimum atomic E-state index is -4.06. The molecule has 0 bridgehead atoms. The molecule has 0 fully saturated rings. The van der Waals surface area contributed by atoms with E-state index in [9.17, 15) is 22.3 Å². The number of pyridine rings is 1. The first-order valence-corrected chi connectivity index (χ1v) is 9.82. The van der Waals surface area contributed by atoms with Crippen LogP contribution < -0.4 is 4.31 Å². The highest BCUT2D eigenvalue weighted by molar-refractivity contribution is 7.93. The van der Waals surface area contributed by atoms with Gasteiger partial charge < -0.3 is 9.52 Å². The van der Waals surface area contributed by atoms with Gasteiger partial charge in [-0.2, -0.15) is 13.9 Å². The fraction of sp³-hybridized carbons (Fsp3) is 0.375. The van der Waals surface area contributed by atoms with Crippen LogP contribution in [-0.2, 0) is 29.2 Å². The molecule has 1 aliphatic rings. The van der Waals surface area contributed by atoms with Crippen LogP contribution in [0, 0.1) is 0 Å². The van der Waals surface area contributed by atoms with E-state index < -0.39 is 27.9 Å². The van der Waals surface area contributed by atoms with Gasteiger partial charge in [0.1, 0.15) is 4.90 Å². The van der Waals surface area contributed by atoms with E-state index in [1.807, 2.05) is 0 Å². The number of alkyl halides is 2. The highest BCUT2D eigenvalue weighted by Crippen LogP contribution is 2.39. The zero-order valence-corrected chi connectivity index (χ0v) is 16.4. The van der Waals surface area contributed by atoms with Crippen molar-refractivity contribution in [3.63, 3.8) is 0 Å². The number of halogens is 2. The lowest BCUT2D eigenvalue weighted by Gasteiger charge is -2.21. The Morgan fingerprint density at radius 1 is 1.31 bits per heavy atom. The molecule has 154 valence electrons. The first-order chi connectivity index (χ1) is 13.5. The minimum absolute atomic E-state index is 0.0809. The van der Waals surface area contributed by atoms with Crippen LogP contribution >= 0.6 is 0 Å². The Kier molecular flexibility index (Phi) is 4.20. The molecule has 0 aromatic carbocycles. The molecule has 0 saturated heterocycles. The monoisotopic (exact) mass is 426 g/mol. The molecule has 0 aliphatic carbocycles. The van der Waals surface area contributed by atoms with Gasteiger partial charge in [-0.25, -0.2) is 12.7 Å². The molecule has 10 nitrogen and oxygen atoms in total. The minimum Gasteiger partial charge on any atom is -0.415 e. The first-order valence-electron chi connectivity index (χ1n) is 8.38. The Hall–Kier alpha value is -2.93. The molecule has 4 rings (SSSR count). The Balaban J connectivity index is 1.77. The van der Waals surface area contributed by atoms with Crippen molar-refractivity contribution in [1.82, 2.24) is 25.0 Å². The second-order valence-electron chi connectivity index (χ2n) is 7.03. The van der Waals surface area contributed by atoms with Crippen molar-refractivity contribution in [2.24, 2.45) is 7.05 Å². The van der Waals surface area contributed by atoms with Crippen LogP contribution in [0.1, 0.15) is 37.4 Å². The van der Waals surface area contributed by atoms with Crippen LogP contribution in [0.2, 0.25) is 0 Å². The van der Waals surface area contributed by atoms with Crippen molar-refractivity contribution in [3.8, 4) is 11.5 Å². The second-order valence-corrected chi connectivity index (χ2v) is 8.86. The molecular weight excluding hydrogens is 410 g/mol. The van der Waals surface area contributed by atoms with Gasteiger partial charge in [-0.1, -0.05) is 0 Å². The lowest BCUT2D eigenvalue weighted by atomic mass is 10.0. The molecule has 0 unspecified atom stereocenters. The number of rotatable bonds is 4. The van der Waals surface area contributed by atoms with E-state index in [1.54, 1.807) is 7.05 Å². The van der Waals surface area contributed by atoms with Crippen molar-refractivity contribution in [3.05, 3.63) is 35.6 Å². The van der Waals surface area contributed by atoms with E-state index in [4.69, 9.17) is 4.42 Å². The van der Waals surface area contributed by atoms with Gasteiger partial charge in [0, 0.05) is 25.0 Å². The Bertz CT molecular complexity index is 1200. The van der Waals surface area contributed by atoms with Gasteiger partial charge in [-0.15, -0.1) is 10.2 Å². The van der Waals surface area contributed by atoms with Gasteiger partial charge in [0.25, 0.3) is 15.9 Å². The van der Waals surface area contributed by atoms with Crippen molar-refractivity contribution in [2.45, 2.75) is 37.3 Å². The number of aromatic nitrogens is 5. The predicted octanol–water partition coefficient (Wildman–Crippen LogP) is 1.74. The largest absolute Gasteiger partial charge is 0.415 e. The quantitative estimate of drug-likeness (QED) is 0.668. The standard InChI is InChI=1S/C16H16F2N6O4S/c1-16(2,25)9-6-23(3)22-13(9)24-7-10-11(29(24,26)27)4-8(5-19-10)14-20-21-15(28-14)12(17)18/h4-6,12,25H,7H2,1-3H3. The molecule has 3 aromatic heterocycles. The van der Waals surface area contributed by atoms with Crippen molar-refractivity contribution in [2.75, 3.05) is 4.31 Å². The summed E-state index contributed by atoms with van der Waals surface area (Å²) in [6.45, 7) is 2.95. The van der Waals surface area contributed by atoms with Crippen LogP contribution in [0.4, 0.5) is 14.6 Å². The zero-order chi connectivity index (χ0) is 21.1. The molecule has 1 N–H and O–H groups in total. The number of hydrogen-bond acceptors (Lipinski definition) is 8. The van der Waals surface area contributed by atoms with Crippen molar-refractivity contribution in [1.29, 1.82) is 0 Å². The fourth-order valence-electron chi connectivity index (χ4n) is 2.99. The molecule has 0 radical (unpaired) electrons. The van der Waals surface area contributed by atoms with Gasteiger partial charge in [0.2, 0.25) is 5.89 Å². The summed E-state index contributed by atoms with van der Waals surface area (Å²) in [6.07, 6.45) is -0.130. The summed E-state index contributed by atoms with van der Waals surface area (Å²) in [7, 11) is -2.45. The molecule has 0 amide bonds. The third-order valence-electron chi connectivity index (χ3n) is 4.37. The topological polar surface area (TPSA) is 127 Å². The van der Waals surface area contributed by atoms with E-state index in [-0.39, 0.29) is 34.4 Å². The van der Waals surface area contributed by atoms with Crippen molar-refractivity contribution < 1.29 is 26.7 Å². The summed E-state index contributed by atoms with van der Waals surface area (Å²) < 4.78 is 58.9. The van der Waals surface area contributed by atoms with E-state index >= 15 is 0 Å². The highest BCUT2D eigenvalue weighted by atomic mass is 32.2. The lowest BCUT2D eigenvalue weighted by Crippen LogP contribution is -2.28.